The predicted octanol–water partition coefficient (Wildman–Crippen LogP) is 2.36. The molecular formula is C13H11BrN2O4. The number of nitrogens with two attached hydrogens (primary N) is 1. The van der Waals surface area contributed by atoms with Gasteiger partial charge in [0.05, 0.1) is 23.2 Å². The standard InChI is InChI=1S/C13H11BrN2O4/c14-12-8(5-6-20-12)13(19)16(7-11(17)18)10-4-2-1-3-9(10)15/h1-6H,7,15H2,(H,17,18). The summed E-state index contributed by atoms with van der Waals surface area (Å²) in [7, 11) is 0. The van der Waals surface area contributed by atoms with Crippen molar-refractivity contribution in [3.63, 3.8) is 0 Å². The maximum Gasteiger partial charge on any atom is 0.323 e. The first-order valence-corrected chi connectivity index (χ1v) is 6.41. The number of furan rings is 1. The molecule has 104 valence electrons. The molecule has 2 aromatic rings. The van der Waals surface area contributed by atoms with Crippen LogP contribution in [0.2, 0.25) is 0 Å². The van der Waals surface area contributed by atoms with Crippen molar-refractivity contribution in [1.82, 2.24) is 0 Å². The van der Waals surface area contributed by atoms with Crippen LogP contribution in [0.25, 0.3) is 0 Å². The minimum atomic E-state index is -1.14. The lowest BCUT2D eigenvalue weighted by molar-refractivity contribution is -0.135. The van der Waals surface area contributed by atoms with Crippen LogP contribution < -0.4 is 10.6 Å². The fourth-order valence-corrected chi connectivity index (χ4v) is 2.14. The van der Waals surface area contributed by atoms with E-state index in [1.165, 1.54) is 12.3 Å². The summed E-state index contributed by atoms with van der Waals surface area (Å²) in [6.45, 7) is -0.495. The number of carboxylic acid groups (broad SMARTS) is 1. The van der Waals surface area contributed by atoms with E-state index in [2.05, 4.69) is 15.9 Å². The molecule has 0 aliphatic carbocycles. The fourth-order valence-electron chi connectivity index (χ4n) is 1.73. The number of rotatable bonds is 4. The van der Waals surface area contributed by atoms with Crippen LogP contribution in [-0.2, 0) is 4.79 Å². The lowest BCUT2D eigenvalue weighted by Gasteiger charge is -2.21. The van der Waals surface area contributed by atoms with Crippen LogP contribution in [0.5, 0.6) is 0 Å². The molecule has 0 spiro atoms. The van der Waals surface area contributed by atoms with Gasteiger partial charge < -0.3 is 15.3 Å². The van der Waals surface area contributed by atoms with Crippen molar-refractivity contribution < 1.29 is 19.1 Å². The van der Waals surface area contributed by atoms with Crippen molar-refractivity contribution in [2.75, 3.05) is 17.2 Å². The van der Waals surface area contributed by atoms with Crippen LogP contribution in [0.3, 0.4) is 0 Å². The number of carboxylic acids is 1. The Hall–Kier alpha value is -2.28. The van der Waals surface area contributed by atoms with Crippen LogP contribution >= 0.6 is 15.9 Å². The summed E-state index contributed by atoms with van der Waals surface area (Å²) < 4.78 is 5.24. The molecule has 0 bridgehead atoms. The number of benzene rings is 1. The molecule has 6 nitrogen and oxygen atoms in total. The van der Waals surface area contributed by atoms with Gasteiger partial charge in [-0.2, -0.15) is 0 Å². The van der Waals surface area contributed by atoms with Crippen molar-refractivity contribution in [3.8, 4) is 0 Å². The summed E-state index contributed by atoms with van der Waals surface area (Å²) in [6, 6.07) is 8.03. The lowest BCUT2D eigenvalue weighted by atomic mass is 10.2. The second kappa shape index (κ2) is 5.79. The van der Waals surface area contributed by atoms with Gasteiger partial charge in [-0.25, -0.2) is 0 Å². The Bertz CT molecular complexity index is 653. The Morgan fingerprint density at radius 3 is 2.55 bits per heavy atom. The Kier molecular flexibility index (Phi) is 4.09. The average molecular weight is 339 g/mol. The molecule has 0 aliphatic rings. The molecule has 0 saturated heterocycles. The van der Waals surface area contributed by atoms with Gasteiger partial charge in [-0.3, -0.25) is 14.5 Å². The molecule has 0 radical (unpaired) electrons. The van der Waals surface area contributed by atoms with Gasteiger partial charge in [0.25, 0.3) is 5.91 Å². The quantitative estimate of drug-likeness (QED) is 0.834. The third-order valence-electron chi connectivity index (χ3n) is 2.61. The van der Waals surface area contributed by atoms with Crippen LogP contribution in [0.4, 0.5) is 11.4 Å². The van der Waals surface area contributed by atoms with E-state index in [0.717, 1.165) is 4.90 Å². The zero-order valence-electron chi connectivity index (χ0n) is 10.2. The van der Waals surface area contributed by atoms with Gasteiger partial charge in [0.15, 0.2) is 4.67 Å². The molecule has 2 rings (SSSR count). The normalized spacial score (nSPS) is 10.2. The van der Waals surface area contributed by atoms with E-state index in [1.807, 2.05) is 0 Å². The van der Waals surface area contributed by atoms with Crippen LogP contribution in [0, 0.1) is 0 Å². The molecule has 0 unspecified atom stereocenters. The van der Waals surface area contributed by atoms with Crippen molar-refractivity contribution in [3.05, 3.63) is 46.8 Å². The van der Waals surface area contributed by atoms with E-state index in [1.54, 1.807) is 24.3 Å². The minimum Gasteiger partial charge on any atom is -0.480 e. The van der Waals surface area contributed by atoms with Gasteiger partial charge in [0.2, 0.25) is 0 Å². The van der Waals surface area contributed by atoms with E-state index in [0.29, 0.717) is 11.4 Å². The molecule has 0 fully saturated rings. The van der Waals surface area contributed by atoms with Gasteiger partial charge >= 0.3 is 5.97 Å². The monoisotopic (exact) mass is 338 g/mol. The van der Waals surface area contributed by atoms with Crippen LogP contribution in [-0.4, -0.2) is 23.5 Å². The maximum atomic E-state index is 12.4. The number of para-hydroxylation sites is 2. The summed E-state index contributed by atoms with van der Waals surface area (Å²) in [4.78, 5) is 24.5. The zero-order valence-corrected chi connectivity index (χ0v) is 11.8. The second-order valence-electron chi connectivity index (χ2n) is 3.95. The highest BCUT2D eigenvalue weighted by molar-refractivity contribution is 9.10. The second-order valence-corrected chi connectivity index (χ2v) is 4.67. The minimum absolute atomic E-state index is 0.231. The average Bonchev–Trinajstić information content (AvgIpc) is 2.82. The highest BCUT2D eigenvalue weighted by atomic mass is 79.9. The molecule has 7 heteroatoms. The number of carbonyl (C=O) groups is 2. The number of aliphatic carboxylic acids is 1. The van der Waals surface area contributed by atoms with Gasteiger partial charge in [-0.1, -0.05) is 12.1 Å². The molecule has 0 saturated carbocycles. The smallest absolute Gasteiger partial charge is 0.323 e. The molecule has 1 amide bonds. The third kappa shape index (κ3) is 2.83. The first-order chi connectivity index (χ1) is 9.50. The number of nitrogens with zero attached hydrogens (tertiary/aromatic N) is 1. The zero-order chi connectivity index (χ0) is 14.7. The summed E-state index contributed by atoms with van der Waals surface area (Å²) in [5.41, 5.74) is 6.70. The molecule has 3 N–H and O–H groups in total. The summed E-state index contributed by atoms with van der Waals surface area (Å²) in [5, 5.41) is 8.98. The number of halogens is 1. The molecule has 0 atom stereocenters. The first kappa shape index (κ1) is 14.1. The Balaban J connectivity index is 2.43. The third-order valence-corrected chi connectivity index (χ3v) is 3.23. The number of anilines is 2. The Morgan fingerprint density at radius 1 is 1.30 bits per heavy atom. The number of amides is 1. The van der Waals surface area contributed by atoms with E-state index in [9.17, 15) is 9.59 Å². The van der Waals surface area contributed by atoms with E-state index >= 15 is 0 Å². The lowest BCUT2D eigenvalue weighted by Crippen LogP contribution is -2.36. The van der Waals surface area contributed by atoms with Crippen molar-refractivity contribution in [1.29, 1.82) is 0 Å². The highest BCUT2D eigenvalue weighted by Crippen LogP contribution is 2.26. The SMILES string of the molecule is Nc1ccccc1N(CC(=O)O)C(=O)c1ccoc1Br. The van der Waals surface area contributed by atoms with E-state index in [-0.39, 0.29) is 10.2 Å². The van der Waals surface area contributed by atoms with Gasteiger partial charge in [0.1, 0.15) is 6.54 Å². The van der Waals surface area contributed by atoms with E-state index in [4.69, 9.17) is 15.3 Å². The number of hydrogen-bond acceptors (Lipinski definition) is 4. The molecule has 1 heterocycles. The summed E-state index contributed by atoms with van der Waals surface area (Å²) in [5.74, 6) is -1.65. The number of hydrogen-bond donors (Lipinski definition) is 2. The van der Waals surface area contributed by atoms with Gasteiger partial charge in [0, 0.05) is 0 Å². The van der Waals surface area contributed by atoms with Crippen LogP contribution in [0.15, 0.2) is 45.7 Å². The number of carbonyl (C=O) groups excluding carboxylic acids is 1. The Labute approximate surface area is 122 Å². The van der Waals surface area contributed by atoms with Gasteiger partial charge in [-0.15, -0.1) is 0 Å². The summed E-state index contributed by atoms with van der Waals surface area (Å²) >= 11 is 3.10. The Morgan fingerprint density at radius 2 is 2.00 bits per heavy atom. The van der Waals surface area contributed by atoms with Crippen molar-refractivity contribution in [2.24, 2.45) is 0 Å². The first-order valence-electron chi connectivity index (χ1n) is 5.62. The summed E-state index contributed by atoms with van der Waals surface area (Å²) in [6.07, 6.45) is 1.34. The fraction of sp³-hybridized carbons (Fsp3) is 0.0769. The largest absolute Gasteiger partial charge is 0.480 e. The molecule has 0 aliphatic heterocycles. The maximum absolute atomic E-state index is 12.4. The molecule has 1 aromatic carbocycles. The molecule has 1 aromatic heterocycles. The van der Waals surface area contributed by atoms with Crippen LogP contribution in [0.1, 0.15) is 10.4 Å². The predicted molar refractivity (Wildman–Crippen MR) is 76.6 cm³/mol. The van der Waals surface area contributed by atoms with Crippen molar-refractivity contribution in [2.45, 2.75) is 0 Å². The topological polar surface area (TPSA) is 96.8 Å². The van der Waals surface area contributed by atoms with E-state index < -0.39 is 18.4 Å². The number of nitrogen functional groups attached to an aromatic ring is 1. The van der Waals surface area contributed by atoms with Crippen molar-refractivity contribution >= 4 is 39.2 Å². The van der Waals surface area contributed by atoms with Gasteiger partial charge in [-0.05, 0) is 34.1 Å². The molecule has 20 heavy (non-hydrogen) atoms. The highest BCUT2D eigenvalue weighted by Gasteiger charge is 2.24. The molecular weight excluding hydrogens is 328 g/mol.